The number of amides is 3. The van der Waals surface area contributed by atoms with Gasteiger partial charge in [0.2, 0.25) is 5.91 Å². The van der Waals surface area contributed by atoms with Gasteiger partial charge >= 0.3 is 6.03 Å². The maximum atomic E-state index is 14.1. The minimum absolute atomic E-state index is 0.171. The van der Waals surface area contributed by atoms with Crippen molar-refractivity contribution in [1.29, 1.82) is 0 Å². The number of urea groups is 1. The molecule has 0 heterocycles. The molecule has 0 aliphatic rings. The Labute approximate surface area is 178 Å². The highest BCUT2D eigenvalue weighted by Crippen LogP contribution is 2.22. The normalized spacial score (nSPS) is 11.4. The van der Waals surface area contributed by atoms with Crippen LogP contribution in [0.4, 0.5) is 13.6 Å². The largest absolute Gasteiger partial charge is 0.457 e. The molecule has 3 rings (SSSR count). The molecule has 0 aliphatic heterocycles. The number of primary amides is 1. The van der Waals surface area contributed by atoms with Crippen LogP contribution in [0.2, 0.25) is 0 Å². The third-order valence-corrected chi connectivity index (χ3v) is 4.45. The van der Waals surface area contributed by atoms with Crippen molar-refractivity contribution >= 4 is 11.9 Å². The van der Waals surface area contributed by atoms with E-state index in [-0.39, 0.29) is 30.3 Å². The summed E-state index contributed by atoms with van der Waals surface area (Å²) in [4.78, 5) is 23.6. The fraction of sp³-hybridized carbons (Fsp3) is 0.130. The number of carbonyl (C=O) groups is 2. The second-order valence-corrected chi connectivity index (χ2v) is 6.76. The van der Waals surface area contributed by atoms with Crippen molar-refractivity contribution in [2.24, 2.45) is 5.73 Å². The Balaban J connectivity index is 1.56. The quantitative estimate of drug-likeness (QED) is 0.506. The molecule has 0 saturated heterocycles. The molecular weight excluding hydrogens is 404 g/mol. The maximum Gasteiger partial charge on any atom is 0.312 e. The summed E-state index contributed by atoms with van der Waals surface area (Å²) in [6.45, 7) is 0.232. The third-order valence-electron chi connectivity index (χ3n) is 4.45. The lowest BCUT2D eigenvalue weighted by Crippen LogP contribution is -2.37. The van der Waals surface area contributed by atoms with Gasteiger partial charge in [-0.15, -0.1) is 0 Å². The number of hydrogen-bond donors (Lipinski definition) is 3. The van der Waals surface area contributed by atoms with Crippen molar-refractivity contribution in [3.63, 3.8) is 0 Å². The van der Waals surface area contributed by atoms with Crippen LogP contribution >= 0.6 is 0 Å². The molecule has 4 N–H and O–H groups in total. The number of rotatable bonds is 8. The van der Waals surface area contributed by atoms with E-state index in [0.29, 0.717) is 11.5 Å². The molecule has 0 aromatic heterocycles. The molecular formula is C23H21F2N3O3. The van der Waals surface area contributed by atoms with Gasteiger partial charge in [-0.2, -0.15) is 0 Å². The van der Waals surface area contributed by atoms with Crippen LogP contribution in [-0.4, -0.2) is 11.9 Å². The molecule has 1 unspecified atom stereocenters. The van der Waals surface area contributed by atoms with Gasteiger partial charge in [0.1, 0.15) is 23.1 Å². The molecule has 31 heavy (non-hydrogen) atoms. The van der Waals surface area contributed by atoms with Crippen LogP contribution in [0.1, 0.15) is 23.6 Å². The zero-order chi connectivity index (χ0) is 22.2. The average molecular weight is 425 g/mol. The van der Waals surface area contributed by atoms with Crippen LogP contribution in [0.25, 0.3) is 0 Å². The van der Waals surface area contributed by atoms with E-state index in [4.69, 9.17) is 10.5 Å². The Hall–Kier alpha value is -3.94. The first kappa shape index (κ1) is 21.8. The molecule has 6 nitrogen and oxygen atoms in total. The molecule has 3 aromatic carbocycles. The van der Waals surface area contributed by atoms with E-state index >= 15 is 0 Å². The molecule has 0 aliphatic carbocycles. The van der Waals surface area contributed by atoms with Gasteiger partial charge in [0.05, 0.1) is 12.5 Å². The van der Waals surface area contributed by atoms with Gasteiger partial charge in [0, 0.05) is 12.1 Å². The Morgan fingerprint density at radius 3 is 2.13 bits per heavy atom. The number of carbonyl (C=O) groups excluding carboxylic acids is 2. The number of benzene rings is 3. The van der Waals surface area contributed by atoms with E-state index in [1.54, 1.807) is 30.3 Å². The van der Waals surface area contributed by atoms with Crippen molar-refractivity contribution in [1.82, 2.24) is 10.6 Å². The zero-order valence-electron chi connectivity index (χ0n) is 16.5. The van der Waals surface area contributed by atoms with Gasteiger partial charge in [0.25, 0.3) is 0 Å². The summed E-state index contributed by atoms with van der Waals surface area (Å²) in [6, 6.07) is 16.8. The van der Waals surface area contributed by atoms with E-state index in [1.807, 2.05) is 0 Å². The molecule has 160 valence electrons. The number of nitrogens with one attached hydrogen (secondary N) is 2. The predicted molar refractivity (Wildman–Crippen MR) is 111 cm³/mol. The first-order chi connectivity index (χ1) is 14.9. The lowest BCUT2D eigenvalue weighted by atomic mass is 10.0. The first-order valence-corrected chi connectivity index (χ1v) is 9.50. The van der Waals surface area contributed by atoms with E-state index in [0.717, 1.165) is 5.56 Å². The van der Waals surface area contributed by atoms with Gasteiger partial charge in [0.15, 0.2) is 0 Å². The smallest absolute Gasteiger partial charge is 0.312 e. The highest BCUT2D eigenvalue weighted by molar-refractivity contribution is 5.78. The van der Waals surface area contributed by atoms with Crippen LogP contribution in [0.3, 0.4) is 0 Å². The summed E-state index contributed by atoms with van der Waals surface area (Å²) in [5.41, 5.74) is 6.15. The molecule has 0 bridgehead atoms. The Morgan fingerprint density at radius 1 is 0.903 bits per heavy atom. The van der Waals surface area contributed by atoms with Crippen LogP contribution in [0, 0.1) is 11.6 Å². The number of hydrogen-bond acceptors (Lipinski definition) is 3. The first-order valence-electron chi connectivity index (χ1n) is 9.50. The SMILES string of the molecule is NC(=O)NC(CC(=O)NCc1ccc(Oc2ccc(F)cc2)cc1)c1ccccc1F. The van der Waals surface area contributed by atoms with E-state index in [9.17, 15) is 18.4 Å². The second kappa shape index (κ2) is 10.2. The molecule has 0 fully saturated rings. The summed E-state index contributed by atoms with van der Waals surface area (Å²) in [7, 11) is 0. The van der Waals surface area contributed by atoms with Crippen LogP contribution in [0.15, 0.2) is 72.8 Å². The van der Waals surface area contributed by atoms with Crippen molar-refractivity contribution < 1.29 is 23.1 Å². The topological polar surface area (TPSA) is 93.5 Å². The number of ether oxygens (including phenoxy) is 1. The molecule has 3 amide bonds. The van der Waals surface area contributed by atoms with Crippen LogP contribution in [0.5, 0.6) is 11.5 Å². The van der Waals surface area contributed by atoms with Gasteiger partial charge in [-0.1, -0.05) is 30.3 Å². The number of nitrogens with two attached hydrogens (primary N) is 1. The summed E-state index contributed by atoms with van der Waals surface area (Å²) >= 11 is 0. The van der Waals surface area contributed by atoms with Crippen molar-refractivity contribution in [2.75, 3.05) is 0 Å². The Bertz CT molecular complexity index is 1040. The fourth-order valence-electron chi connectivity index (χ4n) is 2.94. The predicted octanol–water partition coefficient (Wildman–Crippen LogP) is 4.17. The summed E-state index contributed by atoms with van der Waals surface area (Å²) < 4.78 is 32.6. The third kappa shape index (κ3) is 6.53. The Morgan fingerprint density at radius 2 is 1.52 bits per heavy atom. The van der Waals surface area contributed by atoms with E-state index in [2.05, 4.69) is 10.6 Å². The van der Waals surface area contributed by atoms with E-state index < -0.39 is 17.9 Å². The lowest BCUT2D eigenvalue weighted by molar-refractivity contribution is -0.121. The summed E-state index contributed by atoms with van der Waals surface area (Å²) in [6.07, 6.45) is -0.171. The van der Waals surface area contributed by atoms with Gasteiger partial charge < -0.3 is 21.1 Å². The Kier molecular flexibility index (Phi) is 7.16. The van der Waals surface area contributed by atoms with Crippen molar-refractivity contribution in [3.8, 4) is 11.5 Å². The molecule has 1 atom stereocenters. The van der Waals surface area contributed by atoms with Crippen LogP contribution < -0.4 is 21.1 Å². The van der Waals surface area contributed by atoms with Gasteiger partial charge in [-0.05, 0) is 48.0 Å². The number of halogens is 2. The molecule has 3 aromatic rings. The molecule has 0 radical (unpaired) electrons. The monoisotopic (exact) mass is 425 g/mol. The molecule has 0 saturated carbocycles. The second-order valence-electron chi connectivity index (χ2n) is 6.76. The summed E-state index contributed by atoms with van der Waals surface area (Å²) in [5, 5.41) is 5.13. The minimum Gasteiger partial charge on any atom is -0.457 e. The van der Waals surface area contributed by atoms with Gasteiger partial charge in [-0.3, -0.25) is 4.79 Å². The summed E-state index contributed by atoms with van der Waals surface area (Å²) in [5.74, 6) is -0.198. The highest BCUT2D eigenvalue weighted by Gasteiger charge is 2.20. The minimum atomic E-state index is -0.884. The molecule has 0 spiro atoms. The highest BCUT2D eigenvalue weighted by atomic mass is 19.1. The zero-order valence-corrected chi connectivity index (χ0v) is 16.5. The van der Waals surface area contributed by atoms with Crippen LogP contribution in [-0.2, 0) is 11.3 Å². The lowest BCUT2D eigenvalue weighted by Gasteiger charge is -2.18. The fourth-order valence-corrected chi connectivity index (χ4v) is 2.94. The average Bonchev–Trinajstić information content (AvgIpc) is 2.74. The maximum absolute atomic E-state index is 14.1. The van der Waals surface area contributed by atoms with E-state index in [1.165, 1.54) is 42.5 Å². The molecule has 8 heteroatoms. The van der Waals surface area contributed by atoms with Crippen molar-refractivity contribution in [2.45, 2.75) is 19.0 Å². The van der Waals surface area contributed by atoms with Gasteiger partial charge in [-0.25, -0.2) is 13.6 Å². The van der Waals surface area contributed by atoms with Crippen molar-refractivity contribution in [3.05, 3.63) is 95.6 Å². The standard InChI is InChI=1S/C23H21F2N3O3/c24-16-7-11-18(12-8-16)31-17-9-5-15(6-10-17)14-27-22(29)13-21(28-23(26)30)19-3-1-2-4-20(19)25/h1-12,21H,13-14H2,(H,27,29)(H3,26,28,30).